The molecule has 0 amide bonds. The van der Waals surface area contributed by atoms with E-state index < -0.39 is 37.9 Å². The minimum Gasteiger partial charge on any atom is -0.387 e. The lowest BCUT2D eigenvalue weighted by Gasteiger charge is -2.17. The van der Waals surface area contributed by atoms with Crippen molar-refractivity contribution in [2.24, 2.45) is 0 Å². The van der Waals surface area contributed by atoms with Gasteiger partial charge in [-0.1, -0.05) is 0 Å². The number of aliphatic hydroxyl groups excluding tert-OH is 1. The average Bonchev–Trinajstić information content (AvgIpc) is 2.96. The number of aromatic nitrogens is 3. The van der Waals surface area contributed by atoms with Crippen LogP contribution in [-0.4, -0.2) is 54.4 Å². The van der Waals surface area contributed by atoms with Crippen LogP contribution in [0.5, 0.6) is 0 Å². The highest BCUT2D eigenvalue weighted by Gasteiger charge is 2.46. The molecular weight excluding hydrogens is 477 g/mol. The smallest absolute Gasteiger partial charge is 0.321 e. The minimum atomic E-state index is -3.92. The van der Waals surface area contributed by atoms with Gasteiger partial charge in [-0.25, -0.2) is 14.4 Å². The molecule has 0 spiro atoms. The van der Waals surface area contributed by atoms with E-state index in [0.29, 0.717) is 14.6 Å². The molecule has 0 bridgehead atoms. The fraction of sp³-hybridized carbons (Fsp3) is 0.455. The molecule has 3 rings (SSSR count). The molecule has 0 saturated carbocycles. The Morgan fingerprint density at radius 3 is 2.88 bits per heavy atom. The lowest BCUT2D eigenvalue weighted by atomic mass is 10.1. The third-order valence-electron chi connectivity index (χ3n) is 3.57. The van der Waals surface area contributed by atoms with Gasteiger partial charge in [0, 0.05) is 9.77 Å². The van der Waals surface area contributed by atoms with Crippen molar-refractivity contribution in [1.82, 2.24) is 14.5 Å². The molecule has 1 aliphatic rings. The van der Waals surface area contributed by atoms with Crippen molar-refractivity contribution in [2.45, 2.75) is 24.6 Å². The van der Waals surface area contributed by atoms with E-state index in [-0.39, 0.29) is 5.82 Å². The molecule has 24 heavy (non-hydrogen) atoms. The summed E-state index contributed by atoms with van der Waals surface area (Å²) in [5, 5.41) is 10.5. The fourth-order valence-corrected chi connectivity index (χ4v) is 3.83. The maximum atomic E-state index is 14.5. The number of alkyl halides is 1. The van der Waals surface area contributed by atoms with Crippen LogP contribution in [0.3, 0.4) is 0 Å². The van der Waals surface area contributed by atoms with Gasteiger partial charge in [-0.3, -0.25) is 0 Å². The predicted octanol–water partition coefficient (Wildman–Crippen LogP) is 0.440. The Balaban J connectivity index is 1.90. The van der Waals surface area contributed by atoms with Gasteiger partial charge >= 0.3 is 6.72 Å². The molecule has 1 fully saturated rings. The van der Waals surface area contributed by atoms with E-state index in [4.69, 9.17) is 20.3 Å². The summed E-state index contributed by atoms with van der Waals surface area (Å²) in [7, 11) is 0. The summed E-state index contributed by atoms with van der Waals surface area (Å²) < 4.78 is 26.8. The van der Waals surface area contributed by atoms with Crippen LogP contribution in [0.15, 0.2) is 12.5 Å². The van der Waals surface area contributed by atoms with E-state index in [1.54, 1.807) is 6.20 Å². The summed E-state index contributed by atoms with van der Waals surface area (Å²) >= 11 is 6.34. The number of nitrogens with zero attached hydrogens (tertiary/aromatic N) is 3. The molecule has 0 aromatic carbocycles. The molecule has 13 heteroatoms. The van der Waals surface area contributed by atoms with Crippen LogP contribution in [0, 0.1) is 3.57 Å². The first-order valence-electron chi connectivity index (χ1n) is 6.63. The summed E-state index contributed by atoms with van der Waals surface area (Å²) in [6.45, 7) is -4.37. The molecule has 4 atom stereocenters. The van der Waals surface area contributed by atoms with Gasteiger partial charge in [-0.15, -0.1) is 0 Å². The summed E-state index contributed by atoms with van der Waals surface area (Å²) in [6.07, 6.45) is -2.75. The van der Waals surface area contributed by atoms with Gasteiger partial charge in [-0.05, 0) is 34.4 Å². The zero-order chi connectivity index (χ0) is 17.6. The molecule has 2 aromatic rings. The van der Waals surface area contributed by atoms with Gasteiger partial charge in [0.1, 0.15) is 30.0 Å². The second-order valence-corrected chi connectivity index (χ2v) is 8.96. The second kappa shape index (κ2) is 6.68. The number of hydrogen-bond donors (Lipinski definition) is 4. The second-order valence-electron chi connectivity index (χ2n) is 5.13. The maximum Gasteiger partial charge on any atom is 0.321 e. The molecule has 9 nitrogen and oxygen atoms in total. The van der Waals surface area contributed by atoms with E-state index in [1.165, 1.54) is 10.9 Å². The van der Waals surface area contributed by atoms with Gasteiger partial charge in [-0.2, -0.15) is 0 Å². The lowest BCUT2D eigenvalue weighted by Crippen LogP contribution is -2.31. The standard InChI is InChI=1S/C11H13FIN4O5PS/c12-7-8(18)5(2-21-23(19,20)24)22-11(7)17-1-4(13)6-9(14)15-3-16-10(6)17/h1,3,5,7-8,11,18H,2H2,(H2,14,15,16)(H2,19,20,24)/t5-,7+,8-,11-/m1/s1. The van der Waals surface area contributed by atoms with Gasteiger partial charge in [0.25, 0.3) is 0 Å². The minimum absolute atomic E-state index is 0.248. The maximum absolute atomic E-state index is 14.5. The van der Waals surface area contributed by atoms with Crippen molar-refractivity contribution in [1.29, 1.82) is 0 Å². The molecule has 1 aliphatic heterocycles. The first-order chi connectivity index (χ1) is 11.2. The summed E-state index contributed by atoms with van der Waals surface area (Å²) in [6, 6.07) is 0. The van der Waals surface area contributed by atoms with E-state index in [9.17, 15) is 9.50 Å². The van der Waals surface area contributed by atoms with Gasteiger partial charge < -0.3 is 34.5 Å². The number of aliphatic hydroxyl groups is 1. The molecule has 2 aromatic heterocycles. The van der Waals surface area contributed by atoms with E-state index in [2.05, 4.69) is 26.3 Å². The summed E-state index contributed by atoms with van der Waals surface area (Å²) in [5.74, 6) is 0.248. The van der Waals surface area contributed by atoms with Crippen molar-refractivity contribution in [3.63, 3.8) is 0 Å². The Hall–Kier alpha value is -0.470. The van der Waals surface area contributed by atoms with Crippen molar-refractivity contribution in [3.8, 4) is 0 Å². The van der Waals surface area contributed by atoms with Crippen LogP contribution in [0.25, 0.3) is 11.0 Å². The molecule has 0 radical (unpaired) electrons. The van der Waals surface area contributed by atoms with Crippen molar-refractivity contribution < 1.29 is 28.5 Å². The van der Waals surface area contributed by atoms with Crippen LogP contribution < -0.4 is 5.73 Å². The number of rotatable bonds is 4. The quantitative estimate of drug-likeness (QED) is 0.356. The number of ether oxygens (including phenoxy) is 1. The Morgan fingerprint density at radius 1 is 1.50 bits per heavy atom. The number of fused-ring (bicyclic) bond motifs is 1. The van der Waals surface area contributed by atoms with Crippen LogP contribution in [0.1, 0.15) is 6.23 Å². The highest BCUT2D eigenvalue weighted by atomic mass is 127. The van der Waals surface area contributed by atoms with Gasteiger partial charge in [0.2, 0.25) is 0 Å². The number of nitrogens with two attached hydrogens (primary N) is 1. The Bertz CT molecular complexity index is 819. The first kappa shape index (κ1) is 18.3. The molecule has 3 heterocycles. The van der Waals surface area contributed by atoms with Crippen LogP contribution >= 0.6 is 29.3 Å². The molecule has 5 N–H and O–H groups in total. The van der Waals surface area contributed by atoms with Gasteiger partial charge in [0.15, 0.2) is 12.4 Å². The van der Waals surface area contributed by atoms with E-state index in [0.717, 1.165) is 0 Å². The highest BCUT2D eigenvalue weighted by molar-refractivity contribution is 14.1. The molecule has 0 aliphatic carbocycles. The van der Waals surface area contributed by atoms with E-state index >= 15 is 0 Å². The predicted molar refractivity (Wildman–Crippen MR) is 94.1 cm³/mol. The number of nitrogen functional groups attached to an aromatic ring is 1. The molecule has 0 unspecified atom stereocenters. The average molecular weight is 490 g/mol. The zero-order valence-electron chi connectivity index (χ0n) is 11.9. The number of anilines is 1. The highest BCUT2D eigenvalue weighted by Crippen LogP contribution is 2.40. The fourth-order valence-electron chi connectivity index (χ4n) is 2.49. The third kappa shape index (κ3) is 3.42. The monoisotopic (exact) mass is 490 g/mol. The Morgan fingerprint density at radius 2 is 2.21 bits per heavy atom. The van der Waals surface area contributed by atoms with Crippen LogP contribution in [0.2, 0.25) is 0 Å². The normalized spacial score (nSPS) is 27.9. The molecule has 132 valence electrons. The lowest BCUT2D eigenvalue weighted by molar-refractivity contribution is -0.0427. The van der Waals surface area contributed by atoms with Gasteiger partial charge in [0.05, 0.1) is 12.0 Å². The summed E-state index contributed by atoms with van der Waals surface area (Å²) in [5.41, 5.74) is 6.18. The van der Waals surface area contributed by atoms with Crippen LogP contribution in [-0.2, 0) is 21.1 Å². The Labute approximate surface area is 154 Å². The summed E-state index contributed by atoms with van der Waals surface area (Å²) in [4.78, 5) is 26.1. The van der Waals surface area contributed by atoms with Crippen molar-refractivity contribution in [2.75, 3.05) is 12.3 Å². The zero-order valence-corrected chi connectivity index (χ0v) is 15.7. The largest absolute Gasteiger partial charge is 0.387 e. The first-order valence-corrected chi connectivity index (χ1v) is 10.3. The Kier molecular flexibility index (Phi) is 5.10. The van der Waals surface area contributed by atoms with Crippen molar-refractivity contribution in [3.05, 3.63) is 16.1 Å². The molecule has 1 saturated heterocycles. The topological polar surface area (TPSA) is 136 Å². The number of hydrogen-bond acceptors (Lipinski definition) is 7. The van der Waals surface area contributed by atoms with E-state index in [1.807, 2.05) is 22.6 Å². The number of halogens is 2. The third-order valence-corrected chi connectivity index (χ3v) is 5.19. The molecular formula is C11H13FIN4O5PS. The SMILES string of the molecule is Nc1ncnc2c1c(I)cn2[C@@H]1O[C@H](COP(O)(O)=S)[C@@H](O)[C@@H]1F. The van der Waals surface area contributed by atoms with Crippen molar-refractivity contribution >= 4 is 58.0 Å². The van der Waals surface area contributed by atoms with Crippen LogP contribution in [0.4, 0.5) is 10.2 Å².